The average molecular weight is 241 g/mol. The third kappa shape index (κ3) is 3.18. The van der Waals surface area contributed by atoms with Crippen molar-refractivity contribution in [2.75, 3.05) is 32.7 Å². The molecule has 0 aliphatic carbocycles. The quantitative estimate of drug-likeness (QED) is 0.677. The van der Waals surface area contributed by atoms with Gasteiger partial charge in [0.05, 0.1) is 12.6 Å². The second kappa shape index (κ2) is 5.80. The summed E-state index contributed by atoms with van der Waals surface area (Å²) < 4.78 is 0. The van der Waals surface area contributed by atoms with Crippen molar-refractivity contribution < 1.29 is 9.90 Å². The molecule has 0 aromatic carbocycles. The molecule has 2 fully saturated rings. The van der Waals surface area contributed by atoms with E-state index in [9.17, 15) is 9.90 Å². The SMILES string of the molecule is NCC(=O)N1CCCC(N2CCC(O)CC2)C1. The molecular weight excluding hydrogens is 218 g/mol. The van der Waals surface area contributed by atoms with Crippen molar-refractivity contribution in [3.63, 3.8) is 0 Å². The van der Waals surface area contributed by atoms with Crippen LogP contribution in [-0.4, -0.2) is 65.7 Å². The Morgan fingerprint density at radius 3 is 2.59 bits per heavy atom. The number of rotatable bonds is 2. The van der Waals surface area contributed by atoms with Crippen LogP contribution in [-0.2, 0) is 4.79 Å². The lowest BCUT2D eigenvalue weighted by atomic mass is 9.99. The maximum atomic E-state index is 11.6. The summed E-state index contributed by atoms with van der Waals surface area (Å²) in [5, 5.41) is 9.50. The highest BCUT2D eigenvalue weighted by atomic mass is 16.3. The lowest BCUT2D eigenvalue weighted by Gasteiger charge is -2.41. The Labute approximate surface area is 103 Å². The molecule has 98 valence electrons. The summed E-state index contributed by atoms with van der Waals surface area (Å²) >= 11 is 0. The zero-order valence-corrected chi connectivity index (χ0v) is 10.3. The summed E-state index contributed by atoms with van der Waals surface area (Å²) in [4.78, 5) is 15.9. The van der Waals surface area contributed by atoms with Crippen LogP contribution >= 0.6 is 0 Å². The fourth-order valence-electron chi connectivity index (χ4n) is 2.86. The number of piperidine rings is 2. The molecule has 0 aromatic heterocycles. The number of carbonyl (C=O) groups is 1. The van der Waals surface area contributed by atoms with Crippen molar-refractivity contribution in [3.05, 3.63) is 0 Å². The molecule has 17 heavy (non-hydrogen) atoms. The third-order valence-corrected chi connectivity index (χ3v) is 3.94. The van der Waals surface area contributed by atoms with E-state index in [1.165, 1.54) is 0 Å². The molecule has 2 rings (SSSR count). The summed E-state index contributed by atoms with van der Waals surface area (Å²) in [5.74, 6) is 0.0618. The number of hydrogen-bond acceptors (Lipinski definition) is 4. The van der Waals surface area contributed by atoms with E-state index in [1.54, 1.807) is 0 Å². The van der Waals surface area contributed by atoms with E-state index in [0.29, 0.717) is 6.04 Å². The van der Waals surface area contributed by atoms with Crippen molar-refractivity contribution in [3.8, 4) is 0 Å². The highest BCUT2D eigenvalue weighted by molar-refractivity contribution is 5.78. The maximum Gasteiger partial charge on any atom is 0.236 e. The van der Waals surface area contributed by atoms with Gasteiger partial charge in [-0.05, 0) is 25.7 Å². The van der Waals surface area contributed by atoms with E-state index < -0.39 is 0 Å². The molecule has 1 atom stereocenters. The molecule has 2 heterocycles. The van der Waals surface area contributed by atoms with Crippen LogP contribution in [0, 0.1) is 0 Å². The first kappa shape index (κ1) is 12.8. The molecule has 1 amide bonds. The van der Waals surface area contributed by atoms with Crippen LogP contribution < -0.4 is 5.73 Å². The summed E-state index contributed by atoms with van der Waals surface area (Å²) in [5.41, 5.74) is 5.41. The minimum absolute atomic E-state index is 0.0618. The van der Waals surface area contributed by atoms with Crippen molar-refractivity contribution in [2.45, 2.75) is 37.8 Å². The fraction of sp³-hybridized carbons (Fsp3) is 0.917. The van der Waals surface area contributed by atoms with Crippen molar-refractivity contribution >= 4 is 5.91 Å². The Hall–Kier alpha value is -0.650. The minimum atomic E-state index is -0.128. The van der Waals surface area contributed by atoms with Gasteiger partial charge < -0.3 is 15.7 Å². The highest BCUT2D eigenvalue weighted by Crippen LogP contribution is 2.20. The molecule has 5 nitrogen and oxygen atoms in total. The Balaban J connectivity index is 1.86. The van der Waals surface area contributed by atoms with E-state index in [-0.39, 0.29) is 18.6 Å². The van der Waals surface area contributed by atoms with Gasteiger partial charge in [0.2, 0.25) is 5.91 Å². The number of aliphatic hydroxyl groups is 1. The zero-order valence-electron chi connectivity index (χ0n) is 10.3. The largest absolute Gasteiger partial charge is 0.393 e. The predicted octanol–water partition coefficient (Wildman–Crippen LogP) is -0.607. The standard InChI is InChI=1S/C12H23N3O2/c13-8-12(17)15-5-1-2-10(9-15)14-6-3-11(16)4-7-14/h10-11,16H,1-9,13H2. The lowest BCUT2D eigenvalue weighted by Crippen LogP contribution is -2.53. The van der Waals surface area contributed by atoms with Crippen LogP contribution in [0.25, 0.3) is 0 Å². The van der Waals surface area contributed by atoms with E-state index in [0.717, 1.165) is 51.9 Å². The minimum Gasteiger partial charge on any atom is -0.393 e. The lowest BCUT2D eigenvalue weighted by molar-refractivity contribution is -0.132. The van der Waals surface area contributed by atoms with Gasteiger partial charge in [0, 0.05) is 32.2 Å². The van der Waals surface area contributed by atoms with E-state index in [4.69, 9.17) is 5.73 Å². The summed E-state index contributed by atoms with van der Waals surface area (Å²) in [7, 11) is 0. The van der Waals surface area contributed by atoms with Crippen molar-refractivity contribution in [1.29, 1.82) is 0 Å². The monoisotopic (exact) mass is 241 g/mol. The second-order valence-electron chi connectivity index (χ2n) is 5.11. The van der Waals surface area contributed by atoms with Gasteiger partial charge in [-0.15, -0.1) is 0 Å². The molecule has 2 saturated heterocycles. The molecule has 3 N–H and O–H groups in total. The number of nitrogens with zero attached hydrogens (tertiary/aromatic N) is 2. The van der Waals surface area contributed by atoms with Crippen molar-refractivity contribution in [2.24, 2.45) is 5.73 Å². The Bertz CT molecular complexity index is 264. The molecule has 0 bridgehead atoms. The van der Waals surface area contributed by atoms with Crippen LogP contribution in [0.3, 0.4) is 0 Å². The van der Waals surface area contributed by atoms with E-state index in [2.05, 4.69) is 4.90 Å². The number of carbonyl (C=O) groups excluding carboxylic acids is 1. The average Bonchev–Trinajstić information content (AvgIpc) is 2.39. The van der Waals surface area contributed by atoms with Gasteiger partial charge in [0.15, 0.2) is 0 Å². The normalized spacial score (nSPS) is 28.4. The third-order valence-electron chi connectivity index (χ3n) is 3.94. The molecule has 0 spiro atoms. The van der Waals surface area contributed by atoms with Gasteiger partial charge in [-0.3, -0.25) is 9.69 Å². The number of amides is 1. The highest BCUT2D eigenvalue weighted by Gasteiger charge is 2.29. The van der Waals surface area contributed by atoms with Gasteiger partial charge in [0.25, 0.3) is 0 Å². The van der Waals surface area contributed by atoms with Crippen LogP contribution in [0.1, 0.15) is 25.7 Å². The molecule has 2 aliphatic rings. The van der Waals surface area contributed by atoms with E-state index >= 15 is 0 Å². The number of aliphatic hydroxyl groups excluding tert-OH is 1. The van der Waals surface area contributed by atoms with Crippen LogP contribution in [0.4, 0.5) is 0 Å². The van der Waals surface area contributed by atoms with Gasteiger partial charge in [-0.25, -0.2) is 0 Å². The first-order valence-electron chi connectivity index (χ1n) is 6.60. The van der Waals surface area contributed by atoms with Gasteiger partial charge in [0.1, 0.15) is 0 Å². The van der Waals surface area contributed by atoms with Crippen molar-refractivity contribution in [1.82, 2.24) is 9.80 Å². The smallest absolute Gasteiger partial charge is 0.236 e. The predicted molar refractivity (Wildman–Crippen MR) is 65.5 cm³/mol. The summed E-state index contributed by atoms with van der Waals surface area (Å²) in [6.45, 7) is 3.69. The Kier molecular flexibility index (Phi) is 4.36. The molecule has 5 heteroatoms. The number of nitrogens with two attached hydrogens (primary N) is 1. The fourth-order valence-corrected chi connectivity index (χ4v) is 2.86. The summed E-state index contributed by atoms with van der Waals surface area (Å²) in [6, 6.07) is 0.465. The van der Waals surface area contributed by atoms with Gasteiger partial charge in [-0.1, -0.05) is 0 Å². The Morgan fingerprint density at radius 1 is 1.24 bits per heavy atom. The second-order valence-corrected chi connectivity index (χ2v) is 5.11. The van der Waals surface area contributed by atoms with Crippen LogP contribution in [0.5, 0.6) is 0 Å². The first-order chi connectivity index (χ1) is 8.20. The van der Waals surface area contributed by atoms with E-state index in [1.807, 2.05) is 4.90 Å². The molecule has 0 aromatic rings. The van der Waals surface area contributed by atoms with Crippen LogP contribution in [0.2, 0.25) is 0 Å². The summed E-state index contributed by atoms with van der Waals surface area (Å²) in [6.07, 6.45) is 3.82. The van der Waals surface area contributed by atoms with Gasteiger partial charge in [-0.2, -0.15) is 0 Å². The number of likely N-dealkylation sites (tertiary alicyclic amines) is 2. The molecule has 1 unspecified atom stereocenters. The molecule has 0 saturated carbocycles. The molecule has 0 radical (unpaired) electrons. The zero-order chi connectivity index (χ0) is 12.3. The molecule has 2 aliphatic heterocycles. The number of hydrogen-bond donors (Lipinski definition) is 2. The first-order valence-corrected chi connectivity index (χ1v) is 6.60. The maximum absolute atomic E-state index is 11.6. The Morgan fingerprint density at radius 2 is 1.94 bits per heavy atom. The topological polar surface area (TPSA) is 69.8 Å². The molecular formula is C12H23N3O2. The van der Waals surface area contributed by atoms with Crippen LogP contribution in [0.15, 0.2) is 0 Å². The van der Waals surface area contributed by atoms with Gasteiger partial charge >= 0.3 is 0 Å².